The molecule has 2 aromatic carbocycles. The third-order valence-electron chi connectivity index (χ3n) is 4.64. The smallest absolute Gasteiger partial charge is 0.162 e. The molecule has 0 saturated heterocycles. The van der Waals surface area contributed by atoms with Gasteiger partial charge in [0.2, 0.25) is 0 Å². The van der Waals surface area contributed by atoms with Crippen molar-refractivity contribution < 1.29 is 20.0 Å². The Hall–Kier alpha value is -1.82. The Balaban J connectivity index is 1.46. The Morgan fingerprint density at radius 1 is 1.27 bits per heavy atom. The van der Waals surface area contributed by atoms with Crippen molar-refractivity contribution in [1.29, 1.82) is 0 Å². The second kappa shape index (κ2) is 9.21. The van der Waals surface area contributed by atoms with Gasteiger partial charge >= 0.3 is 0 Å². The Morgan fingerprint density at radius 3 is 2.81 bits per heavy atom. The second-order valence-electron chi connectivity index (χ2n) is 6.52. The van der Waals surface area contributed by atoms with Crippen LogP contribution in [0.5, 0.6) is 5.75 Å². The monoisotopic (exact) mass is 372 g/mol. The number of aliphatic hydroxyl groups is 1. The summed E-state index contributed by atoms with van der Waals surface area (Å²) in [5.74, 6) is 1.92. The highest BCUT2D eigenvalue weighted by Crippen LogP contribution is 2.33. The van der Waals surface area contributed by atoms with Gasteiger partial charge in [-0.25, -0.2) is 0 Å². The normalized spacial score (nSPS) is 17.4. The molecule has 5 heteroatoms. The Labute approximate surface area is 159 Å². The van der Waals surface area contributed by atoms with Crippen molar-refractivity contribution in [3.05, 3.63) is 59.7 Å². The SMILES string of the molecule is CCC(=O)c1ccc(OC[C@@H](O)C[NH2+][C@H]2CCSc3ccccc32)cc1. The number of ketones is 1. The lowest BCUT2D eigenvalue weighted by Gasteiger charge is -2.24. The highest BCUT2D eigenvalue weighted by atomic mass is 32.2. The summed E-state index contributed by atoms with van der Waals surface area (Å²) in [6.07, 6.45) is 1.08. The minimum absolute atomic E-state index is 0.122. The van der Waals surface area contributed by atoms with E-state index in [-0.39, 0.29) is 12.4 Å². The quantitative estimate of drug-likeness (QED) is 0.700. The highest BCUT2D eigenvalue weighted by molar-refractivity contribution is 7.99. The number of nitrogens with two attached hydrogens (primary N) is 1. The van der Waals surface area contributed by atoms with Gasteiger partial charge in [-0.3, -0.25) is 4.79 Å². The van der Waals surface area contributed by atoms with E-state index in [9.17, 15) is 9.90 Å². The van der Waals surface area contributed by atoms with E-state index in [1.807, 2.05) is 18.7 Å². The zero-order valence-corrected chi connectivity index (χ0v) is 15.9. The minimum Gasteiger partial charge on any atom is -0.491 e. The third kappa shape index (κ3) is 4.87. The van der Waals surface area contributed by atoms with Crippen LogP contribution in [0.15, 0.2) is 53.4 Å². The van der Waals surface area contributed by atoms with Crippen LogP contribution in [0.1, 0.15) is 41.7 Å². The molecule has 138 valence electrons. The molecule has 3 N–H and O–H groups in total. The van der Waals surface area contributed by atoms with Gasteiger partial charge in [0, 0.05) is 34.6 Å². The molecule has 0 aliphatic carbocycles. The number of carbonyl (C=O) groups is 1. The van der Waals surface area contributed by atoms with Gasteiger partial charge in [-0.15, -0.1) is 11.8 Å². The molecule has 2 aromatic rings. The molecule has 0 radical (unpaired) electrons. The first kappa shape index (κ1) is 19.0. The van der Waals surface area contributed by atoms with Crippen LogP contribution in [0.3, 0.4) is 0 Å². The predicted molar refractivity (Wildman–Crippen MR) is 104 cm³/mol. The topological polar surface area (TPSA) is 63.1 Å². The molecule has 0 saturated carbocycles. The fourth-order valence-corrected chi connectivity index (χ4v) is 4.29. The molecular weight excluding hydrogens is 346 g/mol. The van der Waals surface area contributed by atoms with Crippen molar-refractivity contribution in [2.75, 3.05) is 18.9 Å². The van der Waals surface area contributed by atoms with Crippen molar-refractivity contribution in [3.63, 3.8) is 0 Å². The molecule has 0 aromatic heterocycles. The van der Waals surface area contributed by atoms with Crippen molar-refractivity contribution in [2.45, 2.75) is 36.8 Å². The lowest BCUT2D eigenvalue weighted by atomic mass is 10.0. The first-order valence-corrected chi connectivity index (χ1v) is 10.1. The maximum absolute atomic E-state index is 11.6. The fourth-order valence-electron chi connectivity index (χ4n) is 3.14. The molecule has 3 rings (SSSR count). The number of benzene rings is 2. The minimum atomic E-state index is -0.534. The number of Topliss-reactive ketones (excluding diaryl/α,β-unsaturated/α-hetero) is 1. The standard InChI is InChI=1S/C21H25NO3S/c1-2-20(24)15-7-9-17(10-8-15)25-14-16(23)13-22-19-11-12-26-21-6-4-3-5-18(19)21/h3-10,16,19,22-23H,2,11-14H2,1H3/p+1/t16-,19-/m0/s1. The number of aliphatic hydroxyl groups excluding tert-OH is 1. The van der Waals surface area contributed by atoms with Crippen molar-refractivity contribution in [3.8, 4) is 5.75 Å². The summed E-state index contributed by atoms with van der Waals surface area (Å²) in [7, 11) is 0. The van der Waals surface area contributed by atoms with Gasteiger partial charge in [-0.1, -0.05) is 25.1 Å². The van der Waals surface area contributed by atoms with Crippen LogP contribution in [0.25, 0.3) is 0 Å². The molecule has 0 fully saturated rings. The summed E-state index contributed by atoms with van der Waals surface area (Å²) in [4.78, 5) is 13.0. The van der Waals surface area contributed by atoms with Crippen LogP contribution < -0.4 is 10.1 Å². The van der Waals surface area contributed by atoms with Crippen LogP contribution in [-0.2, 0) is 0 Å². The molecule has 0 unspecified atom stereocenters. The zero-order chi connectivity index (χ0) is 18.4. The number of hydrogen-bond donors (Lipinski definition) is 2. The van der Waals surface area contributed by atoms with Gasteiger partial charge in [0.15, 0.2) is 5.78 Å². The summed E-state index contributed by atoms with van der Waals surface area (Å²) in [6, 6.07) is 16.0. The first-order chi connectivity index (χ1) is 12.7. The van der Waals surface area contributed by atoms with E-state index in [4.69, 9.17) is 4.74 Å². The Bertz CT molecular complexity index is 732. The number of ether oxygens (including phenoxy) is 1. The fraction of sp³-hybridized carbons (Fsp3) is 0.381. The second-order valence-corrected chi connectivity index (χ2v) is 7.66. The molecule has 1 aliphatic rings. The number of quaternary nitrogens is 1. The van der Waals surface area contributed by atoms with Crippen LogP contribution in [-0.4, -0.2) is 35.9 Å². The van der Waals surface area contributed by atoms with Crippen molar-refractivity contribution in [2.24, 2.45) is 0 Å². The predicted octanol–water partition coefficient (Wildman–Crippen LogP) is 2.82. The van der Waals surface area contributed by atoms with E-state index in [0.29, 0.717) is 30.3 Å². The van der Waals surface area contributed by atoms with Gasteiger partial charge in [0.25, 0.3) is 0 Å². The largest absolute Gasteiger partial charge is 0.491 e. The van der Waals surface area contributed by atoms with E-state index < -0.39 is 6.10 Å². The number of rotatable bonds is 8. The average Bonchev–Trinajstić information content (AvgIpc) is 2.70. The Kier molecular flexibility index (Phi) is 6.72. The zero-order valence-electron chi connectivity index (χ0n) is 15.1. The molecule has 0 amide bonds. The van der Waals surface area contributed by atoms with Gasteiger partial charge < -0.3 is 15.2 Å². The number of carbonyl (C=O) groups excluding carboxylic acids is 1. The maximum atomic E-state index is 11.6. The van der Waals surface area contributed by atoms with E-state index >= 15 is 0 Å². The van der Waals surface area contributed by atoms with E-state index in [1.165, 1.54) is 10.5 Å². The van der Waals surface area contributed by atoms with E-state index in [1.54, 1.807) is 24.3 Å². The molecule has 1 aliphatic heterocycles. The summed E-state index contributed by atoms with van der Waals surface area (Å²) < 4.78 is 5.66. The summed E-state index contributed by atoms with van der Waals surface area (Å²) in [6.45, 7) is 2.71. The van der Waals surface area contributed by atoms with Gasteiger partial charge in [0.05, 0.1) is 0 Å². The summed E-state index contributed by atoms with van der Waals surface area (Å²) in [5.41, 5.74) is 2.07. The number of fused-ring (bicyclic) bond motifs is 1. The number of hydrogen-bond acceptors (Lipinski definition) is 4. The van der Waals surface area contributed by atoms with Crippen molar-refractivity contribution in [1.82, 2.24) is 0 Å². The first-order valence-electron chi connectivity index (χ1n) is 9.16. The molecular formula is C21H26NO3S+. The van der Waals surface area contributed by atoms with Crippen molar-refractivity contribution >= 4 is 17.5 Å². The third-order valence-corrected chi connectivity index (χ3v) is 5.76. The highest BCUT2D eigenvalue weighted by Gasteiger charge is 2.23. The average molecular weight is 373 g/mol. The van der Waals surface area contributed by atoms with Crippen LogP contribution in [0.2, 0.25) is 0 Å². The molecule has 4 nitrogen and oxygen atoms in total. The number of thioether (sulfide) groups is 1. The Morgan fingerprint density at radius 2 is 2.04 bits per heavy atom. The van der Waals surface area contributed by atoms with Gasteiger partial charge in [0.1, 0.15) is 31.0 Å². The molecule has 26 heavy (non-hydrogen) atoms. The lowest BCUT2D eigenvalue weighted by molar-refractivity contribution is -0.702. The molecule has 2 atom stereocenters. The molecule has 1 heterocycles. The lowest BCUT2D eigenvalue weighted by Crippen LogP contribution is -2.87. The van der Waals surface area contributed by atoms with Gasteiger partial charge in [-0.05, 0) is 30.3 Å². The summed E-state index contributed by atoms with van der Waals surface area (Å²) in [5, 5.41) is 12.5. The maximum Gasteiger partial charge on any atom is 0.162 e. The van der Waals surface area contributed by atoms with E-state index in [2.05, 4.69) is 29.6 Å². The van der Waals surface area contributed by atoms with Gasteiger partial charge in [-0.2, -0.15) is 0 Å². The van der Waals surface area contributed by atoms with Crippen LogP contribution >= 0.6 is 11.8 Å². The molecule has 0 spiro atoms. The van der Waals surface area contributed by atoms with E-state index in [0.717, 1.165) is 12.2 Å². The van der Waals surface area contributed by atoms with Crippen LogP contribution in [0.4, 0.5) is 0 Å². The van der Waals surface area contributed by atoms with Crippen LogP contribution in [0, 0.1) is 0 Å². The summed E-state index contributed by atoms with van der Waals surface area (Å²) >= 11 is 1.91. The molecule has 0 bridgehead atoms.